The van der Waals surface area contributed by atoms with E-state index in [2.05, 4.69) is 5.32 Å². The van der Waals surface area contributed by atoms with Gasteiger partial charge >= 0.3 is 0 Å². The van der Waals surface area contributed by atoms with Gasteiger partial charge in [0.25, 0.3) is 11.8 Å². The highest BCUT2D eigenvalue weighted by molar-refractivity contribution is 5.99. The molecule has 0 aliphatic carbocycles. The minimum absolute atomic E-state index is 0.0332. The van der Waals surface area contributed by atoms with Crippen LogP contribution in [-0.2, 0) is 17.8 Å². The molecular weight excluding hydrogens is 400 g/mol. The molecular formula is C20H19F2N3O5. The normalized spacial score (nSPS) is 20.5. The molecule has 158 valence electrons. The SMILES string of the molecule is CN1C(=O)c2c(O)c(=O)c(C(=O)NCc3ccc(F)cc3F)cn2CC12CCOC2. The van der Waals surface area contributed by atoms with Gasteiger partial charge in [-0.05, 0) is 12.5 Å². The topological polar surface area (TPSA) is 101 Å². The first-order valence-electron chi connectivity index (χ1n) is 9.28. The van der Waals surface area contributed by atoms with E-state index in [0.717, 1.165) is 6.07 Å². The van der Waals surface area contributed by atoms with E-state index in [1.165, 1.54) is 21.7 Å². The lowest BCUT2D eigenvalue weighted by Crippen LogP contribution is -2.57. The Balaban J connectivity index is 1.65. The highest BCUT2D eigenvalue weighted by Gasteiger charge is 2.47. The zero-order valence-electron chi connectivity index (χ0n) is 16.1. The number of ether oxygens (including phenoxy) is 1. The average molecular weight is 419 g/mol. The van der Waals surface area contributed by atoms with Gasteiger partial charge in [-0.25, -0.2) is 8.78 Å². The van der Waals surface area contributed by atoms with Gasteiger partial charge in [-0.1, -0.05) is 6.07 Å². The fourth-order valence-electron chi connectivity index (χ4n) is 3.88. The molecule has 3 heterocycles. The third kappa shape index (κ3) is 3.13. The quantitative estimate of drug-likeness (QED) is 0.773. The molecule has 1 atom stereocenters. The van der Waals surface area contributed by atoms with E-state index in [0.29, 0.717) is 25.7 Å². The van der Waals surface area contributed by atoms with E-state index in [-0.39, 0.29) is 29.9 Å². The Morgan fingerprint density at radius 1 is 1.33 bits per heavy atom. The number of hydrogen-bond acceptors (Lipinski definition) is 5. The van der Waals surface area contributed by atoms with Crippen LogP contribution in [0.2, 0.25) is 0 Å². The van der Waals surface area contributed by atoms with Gasteiger partial charge in [0.2, 0.25) is 5.43 Å². The number of benzene rings is 1. The zero-order valence-corrected chi connectivity index (χ0v) is 16.1. The fraction of sp³-hybridized carbons (Fsp3) is 0.350. The molecule has 2 amide bonds. The van der Waals surface area contributed by atoms with Crippen LogP contribution in [0.5, 0.6) is 5.75 Å². The van der Waals surface area contributed by atoms with Crippen LogP contribution in [0.4, 0.5) is 8.78 Å². The summed E-state index contributed by atoms with van der Waals surface area (Å²) in [5, 5.41) is 12.7. The first-order chi connectivity index (χ1) is 14.2. The summed E-state index contributed by atoms with van der Waals surface area (Å²) in [4.78, 5) is 39.3. The van der Waals surface area contributed by atoms with E-state index in [1.807, 2.05) is 0 Å². The third-order valence-electron chi connectivity index (χ3n) is 5.72. The van der Waals surface area contributed by atoms with E-state index >= 15 is 0 Å². The maximum absolute atomic E-state index is 13.8. The molecule has 2 aromatic rings. The summed E-state index contributed by atoms with van der Waals surface area (Å²) in [5.41, 5.74) is -2.17. The monoisotopic (exact) mass is 419 g/mol. The van der Waals surface area contributed by atoms with Crippen LogP contribution in [0.15, 0.2) is 29.2 Å². The summed E-state index contributed by atoms with van der Waals surface area (Å²) >= 11 is 0. The predicted molar refractivity (Wildman–Crippen MR) is 100 cm³/mol. The van der Waals surface area contributed by atoms with E-state index in [1.54, 1.807) is 7.05 Å². The smallest absolute Gasteiger partial charge is 0.274 e. The summed E-state index contributed by atoms with van der Waals surface area (Å²) in [6.07, 6.45) is 1.80. The van der Waals surface area contributed by atoms with Gasteiger partial charge in [0.15, 0.2) is 11.4 Å². The fourth-order valence-corrected chi connectivity index (χ4v) is 3.88. The minimum atomic E-state index is -1.00. The molecule has 30 heavy (non-hydrogen) atoms. The van der Waals surface area contributed by atoms with Crippen molar-refractivity contribution in [3.63, 3.8) is 0 Å². The van der Waals surface area contributed by atoms with Crippen molar-refractivity contribution in [3.05, 3.63) is 63.1 Å². The number of amides is 2. The number of rotatable bonds is 3. The molecule has 0 radical (unpaired) electrons. The van der Waals surface area contributed by atoms with Crippen molar-refractivity contribution >= 4 is 11.8 Å². The van der Waals surface area contributed by atoms with E-state index < -0.39 is 40.2 Å². The van der Waals surface area contributed by atoms with Crippen LogP contribution in [0, 0.1) is 11.6 Å². The number of nitrogens with one attached hydrogen (secondary N) is 1. The highest BCUT2D eigenvalue weighted by Crippen LogP contribution is 2.34. The van der Waals surface area contributed by atoms with Gasteiger partial charge in [-0.3, -0.25) is 14.4 Å². The summed E-state index contributed by atoms with van der Waals surface area (Å²) < 4.78 is 33.6. The lowest BCUT2D eigenvalue weighted by molar-refractivity contribution is 0.0344. The molecule has 1 saturated heterocycles. The summed E-state index contributed by atoms with van der Waals surface area (Å²) in [6, 6.07) is 2.92. The second-order valence-electron chi connectivity index (χ2n) is 7.51. The van der Waals surface area contributed by atoms with Gasteiger partial charge in [0.1, 0.15) is 17.2 Å². The lowest BCUT2D eigenvalue weighted by atomic mass is 9.92. The van der Waals surface area contributed by atoms with Crippen molar-refractivity contribution in [1.29, 1.82) is 0 Å². The Kier molecular flexibility index (Phi) is 4.81. The number of aromatic hydroxyl groups is 1. The second kappa shape index (κ2) is 7.21. The van der Waals surface area contributed by atoms with Crippen molar-refractivity contribution in [2.24, 2.45) is 0 Å². The maximum Gasteiger partial charge on any atom is 0.274 e. The molecule has 0 bridgehead atoms. The first-order valence-corrected chi connectivity index (χ1v) is 9.28. The maximum atomic E-state index is 13.8. The molecule has 1 aromatic heterocycles. The molecule has 2 aliphatic heterocycles. The van der Waals surface area contributed by atoms with Gasteiger partial charge in [0, 0.05) is 44.6 Å². The Labute approximate surface area is 169 Å². The Bertz CT molecular complexity index is 1110. The lowest BCUT2D eigenvalue weighted by Gasteiger charge is -2.42. The Morgan fingerprint density at radius 3 is 2.77 bits per heavy atom. The second-order valence-corrected chi connectivity index (χ2v) is 7.51. The average Bonchev–Trinajstić information content (AvgIpc) is 3.17. The first kappa shape index (κ1) is 20.0. The largest absolute Gasteiger partial charge is 0.503 e. The molecule has 1 unspecified atom stereocenters. The van der Waals surface area contributed by atoms with Gasteiger partial charge in [0.05, 0.1) is 12.1 Å². The number of nitrogens with zero attached hydrogens (tertiary/aromatic N) is 2. The number of fused-ring (bicyclic) bond motifs is 1. The van der Waals surface area contributed by atoms with Crippen LogP contribution in [-0.4, -0.2) is 52.2 Å². The summed E-state index contributed by atoms with van der Waals surface area (Å²) in [6.45, 7) is 0.723. The van der Waals surface area contributed by atoms with E-state index in [9.17, 15) is 28.3 Å². The predicted octanol–water partition coefficient (Wildman–Crippen LogP) is 1.01. The third-order valence-corrected chi connectivity index (χ3v) is 5.72. The molecule has 1 spiro atoms. The Hall–Kier alpha value is -3.27. The van der Waals surface area contributed by atoms with Crippen LogP contribution >= 0.6 is 0 Å². The van der Waals surface area contributed by atoms with Crippen molar-refractivity contribution in [3.8, 4) is 5.75 Å². The van der Waals surface area contributed by atoms with Gasteiger partial charge in [-0.2, -0.15) is 0 Å². The van der Waals surface area contributed by atoms with Crippen molar-refractivity contribution in [2.45, 2.75) is 25.0 Å². The minimum Gasteiger partial charge on any atom is -0.503 e. The molecule has 0 saturated carbocycles. The zero-order chi connectivity index (χ0) is 21.6. The van der Waals surface area contributed by atoms with Gasteiger partial charge < -0.3 is 24.6 Å². The Morgan fingerprint density at radius 2 is 2.10 bits per heavy atom. The molecule has 8 nitrogen and oxygen atoms in total. The molecule has 10 heteroatoms. The summed E-state index contributed by atoms with van der Waals surface area (Å²) in [7, 11) is 1.59. The van der Waals surface area contributed by atoms with E-state index in [4.69, 9.17) is 4.74 Å². The highest BCUT2D eigenvalue weighted by atomic mass is 19.1. The number of hydrogen-bond donors (Lipinski definition) is 2. The van der Waals surface area contributed by atoms with Crippen molar-refractivity contribution < 1.29 is 28.2 Å². The molecule has 2 N–H and O–H groups in total. The number of carbonyl (C=O) groups excluding carboxylic acids is 2. The van der Waals surface area contributed by atoms with Crippen molar-refractivity contribution in [2.75, 3.05) is 20.3 Å². The number of aromatic nitrogens is 1. The van der Waals surface area contributed by atoms with Crippen LogP contribution in [0.3, 0.4) is 0 Å². The summed E-state index contributed by atoms with van der Waals surface area (Å²) in [5.74, 6) is -3.79. The number of likely N-dealkylation sites (N-methyl/N-ethyl adjacent to an activating group) is 1. The number of pyridine rings is 1. The number of carbonyl (C=O) groups is 2. The molecule has 4 rings (SSSR count). The van der Waals surface area contributed by atoms with Gasteiger partial charge in [-0.15, -0.1) is 0 Å². The van der Waals surface area contributed by atoms with Crippen LogP contribution in [0.25, 0.3) is 0 Å². The number of halogens is 2. The van der Waals surface area contributed by atoms with Crippen LogP contribution in [0.1, 0.15) is 32.8 Å². The molecule has 2 aliphatic rings. The van der Waals surface area contributed by atoms with Crippen LogP contribution < -0.4 is 10.7 Å². The molecule has 1 fully saturated rings. The standard InChI is InChI=1S/C20H19F2N3O5/c1-24-19(29)15-17(27)16(26)13(8-25(15)9-20(24)4-5-30-10-20)18(28)23-7-11-2-3-12(21)6-14(11)22/h2-3,6,8,27H,4-5,7,9-10H2,1H3,(H,23,28). The van der Waals surface area contributed by atoms with Crippen molar-refractivity contribution in [1.82, 2.24) is 14.8 Å². The molecule has 1 aromatic carbocycles.